The summed E-state index contributed by atoms with van der Waals surface area (Å²) in [6.07, 6.45) is 2.96. The number of rotatable bonds is 3. The fourth-order valence-electron chi connectivity index (χ4n) is 1.44. The fraction of sp³-hybridized carbons (Fsp3) is 0.667. The van der Waals surface area contributed by atoms with Gasteiger partial charge < -0.3 is 9.84 Å². The topological polar surface area (TPSA) is 46.5 Å². The third kappa shape index (κ3) is 3.83. The van der Waals surface area contributed by atoms with Gasteiger partial charge in [0, 0.05) is 6.42 Å². The number of halogens is 3. The maximum Gasteiger partial charge on any atom is 0.329 e. The normalized spacial score (nSPS) is 34.0. The van der Waals surface area contributed by atoms with Crippen molar-refractivity contribution in [1.82, 2.24) is 0 Å². The van der Waals surface area contributed by atoms with Gasteiger partial charge in [-0.1, -0.05) is 35.4 Å². The lowest BCUT2D eigenvalue weighted by molar-refractivity contribution is -0.144. The molecule has 1 aliphatic rings. The average molecular weight is 274 g/mol. The highest BCUT2D eigenvalue weighted by atomic mass is 35.5. The van der Waals surface area contributed by atoms with Gasteiger partial charge in [0.15, 0.2) is 0 Å². The Morgan fingerprint density at radius 2 is 2.20 bits per heavy atom. The van der Waals surface area contributed by atoms with Crippen LogP contribution in [-0.4, -0.2) is 33.0 Å². The molecule has 1 rings (SSSR count). The molecule has 15 heavy (non-hydrogen) atoms. The van der Waals surface area contributed by atoms with Crippen molar-refractivity contribution >= 4 is 40.8 Å². The van der Waals surface area contributed by atoms with Gasteiger partial charge in [-0.25, -0.2) is 4.79 Å². The Balaban J connectivity index is 2.69. The molecule has 0 spiro atoms. The van der Waals surface area contributed by atoms with E-state index in [0.29, 0.717) is 6.42 Å². The zero-order chi connectivity index (χ0) is 11.7. The van der Waals surface area contributed by atoms with Crippen molar-refractivity contribution in [3.63, 3.8) is 0 Å². The van der Waals surface area contributed by atoms with Gasteiger partial charge in [0.2, 0.25) is 0 Å². The Morgan fingerprint density at radius 3 is 2.67 bits per heavy atom. The van der Waals surface area contributed by atoms with Crippen LogP contribution < -0.4 is 0 Å². The van der Waals surface area contributed by atoms with Gasteiger partial charge in [0.05, 0.1) is 11.0 Å². The van der Waals surface area contributed by atoms with Crippen molar-refractivity contribution in [2.75, 3.05) is 6.61 Å². The second-order valence-electron chi connectivity index (χ2n) is 3.70. The number of hydrogen-bond acceptors (Lipinski definition) is 2. The number of carbonyl (C=O) groups is 1. The van der Waals surface area contributed by atoms with Crippen LogP contribution in [-0.2, 0) is 9.53 Å². The first-order valence-corrected chi connectivity index (χ1v) is 5.46. The van der Waals surface area contributed by atoms with Gasteiger partial charge in [0.25, 0.3) is 0 Å². The molecular weight excluding hydrogens is 262 g/mol. The highest BCUT2D eigenvalue weighted by molar-refractivity contribution is 6.50. The third-order valence-electron chi connectivity index (χ3n) is 2.08. The highest BCUT2D eigenvalue weighted by Gasteiger charge is 2.42. The van der Waals surface area contributed by atoms with Gasteiger partial charge in [0.1, 0.15) is 10.9 Å². The van der Waals surface area contributed by atoms with Gasteiger partial charge in [-0.15, -0.1) is 11.6 Å². The largest absolute Gasteiger partial charge is 0.480 e. The average Bonchev–Trinajstić information content (AvgIpc) is 1.98. The molecule has 0 saturated carbocycles. The summed E-state index contributed by atoms with van der Waals surface area (Å²) >= 11 is 18.0. The van der Waals surface area contributed by atoms with E-state index < -0.39 is 27.9 Å². The minimum atomic E-state index is -1.04. The van der Waals surface area contributed by atoms with E-state index in [1.165, 1.54) is 0 Å². The van der Waals surface area contributed by atoms with E-state index >= 15 is 0 Å². The van der Waals surface area contributed by atoms with Crippen LogP contribution in [0.3, 0.4) is 0 Å². The lowest BCUT2D eigenvalue weighted by Gasteiger charge is -2.37. The smallest absolute Gasteiger partial charge is 0.329 e. The SMILES string of the molecule is CC1(Cl)CC(Cl)(Cl)C=CC1OCC(=O)O. The Kier molecular flexibility index (Phi) is 3.93. The van der Waals surface area contributed by atoms with Gasteiger partial charge in [-0.3, -0.25) is 0 Å². The first-order chi connectivity index (χ1) is 6.73. The van der Waals surface area contributed by atoms with E-state index in [0.717, 1.165) is 0 Å². The number of aliphatic carboxylic acids is 1. The summed E-state index contributed by atoms with van der Waals surface area (Å²) < 4.78 is 4.10. The van der Waals surface area contributed by atoms with Crippen molar-refractivity contribution in [3.8, 4) is 0 Å². The zero-order valence-electron chi connectivity index (χ0n) is 8.04. The first kappa shape index (κ1) is 13.1. The predicted octanol–water partition coefficient (Wildman–Crippen LogP) is 2.59. The minimum Gasteiger partial charge on any atom is -0.480 e. The summed E-state index contributed by atoms with van der Waals surface area (Å²) in [4.78, 5) is 9.54. The molecule has 3 nitrogen and oxygen atoms in total. The second-order valence-corrected chi connectivity index (χ2v) is 6.11. The van der Waals surface area contributed by atoms with E-state index in [-0.39, 0.29) is 0 Å². The molecule has 0 amide bonds. The molecule has 86 valence electrons. The summed E-state index contributed by atoms with van der Waals surface area (Å²) in [6.45, 7) is 1.32. The molecule has 2 atom stereocenters. The van der Waals surface area contributed by atoms with E-state index in [1.807, 2.05) is 0 Å². The number of carboxylic acids is 1. The Morgan fingerprint density at radius 1 is 1.60 bits per heavy atom. The van der Waals surface area contributed by atoms with Crippen LogP contribution in [0, 0.1) is 0 Å². The molecule has 1 aliphatic carbocycles. The molecule has 0 heterocycles. The van der Waals surface area contributed by atoms with Crippen molar-refractivity contribution in [1.29, 1.82) is 0 Å². The molecule has 0 fully saturated rings. The molecule has 0 bridgehead atoms. The lowest BCUT2D eigenvalue weighted by Crippen LogP contribution is -2.43. The molecule has 0 saturated heterocycles. The molecule has 2 unspecified atom stereocenters. The van der Waals surface area contributed by atoms with Gasteiger partial charge in [-0.05, 0) is 6.92 Å². The number of alkyl halides is 3. The Labute approximate surface area is 103 Å². The van der Waals surface area contributed by atoms with Crippen molar-refractivity contribution in [3.05, 3.63) is 12.2 Å². The van der Waals surface area contributed by atoms with Crippen LogP contribution in [0.5, 0.6) is 0 Å². The molecule has 0 aromatic carbocycles. The summed E-state index contributed by atoms with van der Waals surface area (Å²) in [5.74, 6) is -1.04. The molecule has 0 aliphatic heterocycles. The third-order valence-corrected chi connectivity index (χ3v) is 2.94. The number of carboxylic acid groups (broad SMARTS) is 1. The predicted molar refractivity (Wildman–Crippen MR) is 59.8 cm³/mol. The maximum absolute atomic E-state index is 10.3. The Bertz CT molecular complexity index is 286. The van der Waals surface area contributed by atoms with Crippen LogP contribution in [0.25, 0.3) is 0 Å². The molecule has 1 N–H and O–H groups in total. The first-order valence-electron chi connectivity index (χ1n) is 4.32. The van der Waals surface area contributed by atoms with E-state index in [1.54, 1.807) is 19.1 Å². The second kappa shape index (κ2) is 4.50. The van der Waals surface area contributed by atoms with E-state index in [2.05, 4.69) is 0 Å². The number of ether oxygens (including phenoxy) is 1. The van der Waals surface area contributed by atoms with Crippen LogP contribution in [0.4, 0.5) is 0 Å². The summed E-state index contributed by atoms with van der Waals surface area (Å²) in [6, 6.07) is 0. The zero-order valence-corrected chi connectivity index (χ0v) is 10.3. The van der Waals surface area contributed by atoms with E-state index in [9.17, 15) is 4.79 Å². The molecular formula is C9H11Cl3O3. The van der Waals surface area contributed by atoms with Crippen LogP contribution >= 0.6 is 34.8 Å². The number of allylic oxidation sites excluding steroid dienone is 1. The maximum atomic E-state index is 10.3. The quantitative estimate of drug-likeness (QED) is 0.635. The highest BCUT2D eigenvalue weighted by Crippen LogP contribution is 2.42. The van der Waals surface area contributed by atoms with Crippen molar-refractivity contribution in [2.24, 2.45) is 0 Å². The summed E-state index contributed by atoms with van der Waals surface area (Å²) in [5, 5.41) is 8.47. The number of hydrogen-bond donors (Lipinski definition) is 1. The molecule has 0 radical (unpaired) electrons. The molecule has 6 heteroatoms. The van der Waals surface area contributed by atoms with Crippen LogP contribution in [0.1, 0.15) is 13.3 Å². The van der Waals surface area contributed by atoms with Gasteiger partial charge >= 0.3 is 5.97 Å². The van der Waals surface area contributed by atoms with Crippen LogP contribution in [0.2, 0.25) is 0 Å². The van der Waals surface area contributed by atoms with E-state index in [4.69, 9.17) is 44.6 Å². The fourth-order valence-corrected chi connectivity index (χ4v) is 2.62. The summed E-state index contributed by atoms with van der Waals surface area (Å²) in [7, 11) is 0. The molecule has 0 aromatic heterocycles. The molecule has 0 aromatic rings. The summed E-state index contributed by atoms with van der Waals surface area (Å²) in [5.41, 5.74) is 0. The monoisotopic (exact) mass is 272 g/mol. The van der Waals surface area contributed by atoms with Crippen molar-refractivity contribution in [2.45, 2.75) is 28.7 Å². The van der Waals surface area contributed by atoms with Crippen LogP contribution in [0.15, 0.2) is 12.2 Å². The Hall–Kier alpha value is 0.0400. The van der Waals surface area contributed by atoms with Gasteiger partial charge in [-0.2, -0.15) is 0 Å². The minimum absolute atomic E-state index is 0.297. The standard InChI is InChI=1S/C9H11Cl3O3/c1-8(10)5-9(11,12)3-2-6(8)15-4-7(13)14/h2-3,6H,4-5H2,1H3,(H,13,14). The lowest BCUT2D eigenvalue weighted by atomic mass is 9.91. The van der Waals surface area contributed by atoms with Crippen molar-refractivity contribution < 1.29 is 14.6 Å².